The number of rotatable bonds is 4. The first kappa shape index (κ1) is 13.9. The third-order valence-corrected chi connectivity index (χ3v) is 4.01. The van der Waals surface area contributed by atoms with Gasteiger partial charge in [0.05, 0.1) is 0 Å². The van der Waals surface area contributed by atoms with Gasteiger partial charge in [-0.2, -0.15) is 0 Å². The maximum Gasteiger partial charge on any atom is 0.221 e. The molecule has 108 valence electrons. The van der Waals surface area contributed by atoms with Crippen LogP contribution in [0.3, 0.4) is 0 Å². The third-order valence-electron chi connectivity index (χ3n) is 3.08. The summed E-state index contributed by atoms with van der Waals surface area (Å²) in [5.41, 5.74) is 6.63. The molecule has 0 aliphatic heterocycles. The van der Waals surface area contributed by atoms with E-state index in [0.29, 0.717) is 11.7 Å². The van der Waals surface area contributed by atoms with Crippen molar-refractivity contribution in [2.45, 2.75) is 35.6 Å². The number of aromatic nitrogens is 2. The van der Waals surface area contributed by atoms with Gasteiger partial charge in [-0.15, -0.1) is 0 Å². The number of anilines is 2. The summed E-state index contributed by atoms with van der Waals surface area (Å²) in [4.78, 5) is 20.9. The highest BCUT2D eigenvalue weighted by Crippen LogP contribution is 2.39. The lowest BCUT2D eigenvalue weighted by atomic mass is 10.3. The SMILES string of the molecule is CC(=O)Nc1ccc(Sc2cc(N)nc(C3CC3)n2)cc1. The average Bonchev–Trinajstić information content (AvgIpc) is 3.24. The van der Waals surface area contributed by atoms with Crippen molar-refractivity contribution >= 4 is 29.2 Å². The van der Waals surface area contributed by atoms with Crippen LogP contribution in [0.5, 0.6) is 0 Å². The van der Waals surface area contributed by atoms with E-state index in [9.17, 15) is 4.79 Å². The van der Waals surface area contributed by atoms with Gasteiger partial charge in [-0.25, -0.2) is 9.97 Å². The fraction of sp³-hybridized carbons (Fsp3) is 0.267. The Morgan fingerprint density at radius 2 is 2.00 bits per heavy atom. The van der Waals surface area contributed by atoms with Gasteiger partial charge in [-0.3, -0.25) is 4.79 Å². The number of carbonyl (C=O) groups is 1. The summed E-state index contributed by atoms with van der Waals surface area (Å²) in [6, 6.07) is 9.43. The summed E-state index contributed by atoms with van der Waals surface area (Å²) >= 11 is 1.54. The second kappa shape index (κ2) is 5.73. The van der Waals surface area contributed by atoms with E-state index >= 15 is 0 Å². The van der Waals surface area contributed by atoms with Crippen molar-refractivity contribution < 1.29 is 4.79 Å². The zero-order valence-electron chi connectivity index (χ0n) is 11.7. The van der Waals surface area contributed by atoms with E-state index in [-0.39, 0.29) is 5.91 Å². The van der Waals surface area contributed by atoms with Crippen LogP contribution in [0.15, 0.2) is 40.3 Å². The van der Waals surface area contributed by atoms with E-state index in [2.05, 4.69) is 15.3 Å². The molecule has 3 N–H and O–H groups in total. The molecule has 21 heavy (non-hydrogen) atoms. The molecular formula is C15H16N4OS. The molecule has 0 unspecified atom stereocenters. The molecule has 1 fully saturated rings. The Labute approximate surface area is 127 Å². The number of carbonyl (C=O) groups excluding carboxylic acids is 1. The van der Waals surface area contributed by atoms with Crippen molar-refractivity contribution in [2.24, 2.45) is 0 Å². The molecule has 1 heterocycles. The van der Waals surface area contributed by atoms with Gasteiger partial charge in [0.15, 0.2) is 0 Å². The summed E-state index contributed by atoms with van der Waals surface area (Å²) in [7, 11) is 0. The molecule has 3 rings (SSSR count). The number of nitrogens with zero attached hydrogens (tertiary/aromatic N) is 2. The van der Waals surface area contributed by atoms with Gasteiger partial charge >= 0.3 is 0 Å². The van der Waals surface area contributed by atoms with Crippen molar-refractivity contribution in [3.8, 4) is 0 Å². The maximum absolute atomic E-state index is 11.0. The number of benzene rings is 1. The van der Waals surface area contributed by atoms with Crippen molar-refractivity contribution in [1.82, 2.24) is 9.97 Å². The lowest BCUT2D eigenvalue weighted by Crippen LogP contribution is -2.05. The molecule has 1 amide bonds. The molecule has 0 bridgehead atoms. The number of hydrogen-bond acceptors (Lipinski definition) is 5. The van der Waals surface area contributed by atoms with Crippen molar-refractivity contribution in [1.29, 1.82) is 0 Å². The smallest absolute Gasteiger partial charge is 0.221 e. The monoisotopic (exact) mass is 300 g/mol. The van der Waals surface area contributed by atoms with Crippen LogP contribution in [0.1, 0.15) is 31.5 Å². The number of hydrogen-bond donors (Lipinski definition) is 2. The first-order chi connectivity index (χ1) is 10.1. The van der Waals surface area contributed by atoms with Gasteiger partial charge in [0.2, 0.25) is 5.91 Å². The highest BCUT2D eigenvalue weighted by atomic mass is 32.2. The number of nitrogens with two attached hydrogens (primary N) is 1. The second-order valence-electron chi connectivity index (χ2n) is 5.07. The van der Waals surface area contributed by atoms with Crippen molar-refractivity contribution in [3.05, 3.63) is 36.2 Å². The van der Waals surface area contributed by atoms with E-state index in [1.165, 1.54) is 6.92 Å². The zero-order valence-corrected chi connectivity index (χ0v) is 12.5. The van der Waals surface area contributed by atoms with Gasteiger partial charge < -0.3 is 11.1 Å². The van der Waals surface area contributed by atoms with Crippen LogP contribution in [0.4, 0.5) is 11.5 Å². The first-order valence-electron chi connectivity index (χ1n) is 6.80. The zero-order chi connectivity index (χ0) is 14.8. The quantitative estimate of drug-likeness (QED) is 0.848. The van der Waals surface area contributed by atoms with Crippen LogP contribution < -0.4 is 11.1 Å². The molecule has 0 spiro atoms. The Morgan fingerprint density at radius 1 is 1.29 bits per heavy atom. The lowest BCUT2D eigenvalue weighted by molar-refractivity contribution is -0.114. The third kappa shape index (κ3) is 3.72. The van der Waals surface area contributed by atoms with Gasteiger partial charge in [0, 0.05) is 29.5 Å². The predicted octanol–water partition coefficient (Wildman–Crippen LogP) is 3.05. The minimum atomic E-state index is -0.0759. The van der Waals surface area contributed by atoms with E-state index in [1.807, 2.05) is 24.3 Å². The first-order valence-corrected chi connectivity index (χ1v) is 7.62. The molecule has 5 nitrogen and oxygen atoms in total. The van der Waals surface area contributed by atoms with Crippen LogP contribution >= 0.6 is 11.8 Å². The molecule has 1 aromatic carbocycles. The summed E-state index contributed by atoms with van der Waals surface area (Å²) < 4.78 is 0. The largest absolute Gasteiger partial charge is 0.384 e. The number of amides is 1. The normalized spacial score (nSPS) is 14.0. The fourth-order valence-electron chi connectivity index (χ4n) is 1.97. The Morgan fingerprint density at radius 3 is 2.62 bits per heavy atom. The molecule has 2 aromatic rings. The number of nitrogen functional groups attached to an aromatic ring is 1. The molecular weight excluding hydrogens is 284 g/mol. The molecule has 1 saturated carbocycles. The van der Waals surface area contributed by atoms with E-state index in [0.717, 1.165) is 34.3 Å². The van der Waals surface area contributed by atoms with Crippen LogP contribution in [0, 0.1) is 0 Å². The Bertz CT molecular complexity index is 668. The maximum atomic E-state index is 11.0. The van der Waals surface area contributed by atoms with Gasteiger partial charge in [0.25, 0.3) is 0 Å². The molecule has 0 radical (unpaired) electrons. The fourth-order valence-corrected chi connectivity index (χ4v) is 2.80. The highest BCUT2D eigenvalue weighted by molar-refractivity contribution is 7.99. The van der Waals surface area contributed by atoms with Crippen LogP contribution in [0.2, 0.25) is 0 Å². The Balaban J connectivity index is 1.75. The van der Waals surface area contributed by atoms with Crippen LogP contribution in [-0.4, -0.2) is 15.9 Å². The molecule has 1 aromatic heterocycles. The van der Waals surface area contributed by atoms with Gasteiger partial charge in [-0.05, 0) is 37.1 Å². The van der Waals surface area contributed by atoms with Crippen LogP contribution in [-0.2, 0) is 4.79 Å². The molecule has 1 aliphatic rings. The summed E-state index contributed by atoms with van der Waals surface area (Å²) in [6.45, 7) is 1.49. The average molecular weight is 300 g/mol. The van der Waals surface area contributed by atoms with Crippen molar-refractivity contribution in [3.63, 3.8) is 0 Å². The highest BCUT2D eigenvalue weighted by Gasteiger charge is 2.27. The second-order valence-corrected chi connectivity index (χ2v) is 6.16. The van der Waals surface area contributed by atoms with E-state index in [4.69, 9.17) is 5.73 Å². The van der Waals surface area contributed by atoms with Crippen molar-refractivity contribution in [2.75, 3.05) is 11.1 Å². The minimum Gasteiger partial charge on any atom is -0.384 e. The summed E-state index contributed by atoms with van der Waals surface area (Å²) in [6.07, 6.45) is 2.30. The molecule has 0 saturated heterocycles. The van der Waals surface area contributed by atoms with Gasteiger partial charge in [-0.1, -0.05) is 11.8 Å². The number of nitrogens with one attached hydrogen (secondary N) is 1. The lowest BCUT2D eigenvalue weighted by Gasteiger charge is -2.06. The standard InChI is InChI=1S/C15H16N4OS/c1-9(20)17-11-4-6-12(7-5-11)21-14-8-13(16)18-15(19-14)10-2-3-10/h4-8,10H,2-3H2,1H3,(H,17,20)(H2,16,18,19). The molecule has 1 aliphatic carbocycles. The topological polar surface area (TPSA) is 80.9 Å². The Hall–Kier alpha value is -2.08. The van der Waals surface area contributed by atoms with Gasteiger partial charge in [0.1, 0.15) is 16.7 Å². The molecule has 0 atom stereocenters. The van der Waals surface area contributed by atoms with E-state index in [1.54, 1.807) is 17.8 Å². The summed E-state index contributed by atoms with van der Waals surface area (Å²) in [5, 5.41) is 3.60. The predicted molar refractivity (Wildman–Crippen MR) is 83.3 cm³/mol. The van der Waals surface area contributed by atoms with Crippen LogP contribution in [0.25, 0.3) is 0 Å². The Kier molecular flexibility index (Phi) is 3.79. The minimum absolute atomic E-state index is 0.0759. The summed E-state index contributed by atoms with van der Waals surface area (Å²) in [5.74, 6) is 1.78. The van der Waals surface area contributed by atoms with E-state index < -0.39 is 0 Å². The molecule has 6 heteroatoms.